The maximum absolute atomic E-state index is 12.5. The van der Waals surface area contributed by atoms with Crippen LogP contribution in [0.5, 0.6) is 0 Å². The van der Waals surface area contributed by atoms with Gasteiger partial charge in [-0.15, -0.1) is 0 Å². The van der Waals surface area contributed by atoms with Crippen molar-refractivity contribution < 1.29 is 18.3 Å². The van der Waals surface area contributed by atoms with E-state index >= 15 is 0 Å². The lowest BCUT2D eigenvalue weighted by atomic mass is 10.1. The van der Waals surface area contributed by atoms with E-state index in [2.05, 4.69) is 10.6 Å². The SMILES string of the molecule is CC(F)(F)C(=O)NCC1CNCCOC1. The second-order valence-electron chi connectivity index (χ2n) is 3.74. The maximum Gasteiger partial charge on any atom is 0.321 e. The molecule has 0 aromatic rings. The average Bonchev–Trinajstić information content (AvgIpc) is 2.40. The fourth-order valence-corrected chi connectivity index (χ4v) is 1.28. The van der Waals surface area contributed by atoms with Gasteiger partial charge in [0.15, 0.2) is 0 Å². The first-order valence-corrected chi connectivity index (χ1v) is 4.94. The summed E-state index contributed by atoms with van der Waals surface area (Å²) in [6.45, 7) is 3.35. The van der Waals surface area contributed by atoms with Gasteiger partial charge in [-0.2, -0.15) is 8.78 Å². The number of carbonyl (C=O) groups is 1. The summed E-state index contributed by atoms with van der Waals surface area (Å²) in [6, 6.07) is 0. The molecule has 1 aliphatic heterocycles. The van der Waals surface area contributed by atoms with Crippen LogP contribution in [0.25, 0.3) is 0 Å². The van der Waals surface area contributed by atoms with Crippen LogP contribution in [-0.2, 0) is 9.53 Å². The summed E-state index contributed by atoms with van der Waals surface area (Å²) in [5.74, 6) is -4.48. The van der Waals surface area contributed by atoms with E-state index in [0.717, 1.165) is 6.54 Å². The molecule has 1 amide bonds. The Labute approximate surface area is 87.4 Å². The fraction of sp³-hybridized carbons (Fsp3) is 0.889. The molecule has 6 heteroatoms. The molecule has 1 heterocycles. The van der Waals surface area contributed by atoms with E-state index in [9.17, 15) is 13.6 Å². The predicted molar refractivity (Wildman–Crippen MR) is 50.8 cm³/mol. The number of halogens is 2. The topological polar surface area (TPSA) is 50.4 Å². The molecule has 1 aliphatic rings. The first kappa shape index (κ1) is 12.3. The Bertz CT molecular complexity index is 211. The Kier molecular flexibility index (Phi) is 4.41. The fourth-order valence-electron chi connectivity index (χ4n) is 1.28. The summed E-state index contributed by atoms with van der Waals surface area (Å²) in [7, 11) is 0. The van der Waals surface area contributed by atoms with Crippen molar-refractivity contribution in [2.24, 2.45) is 5.92 Å². The third kappa shape index (κ3) is 4.53. The van der Waals surface area contributed by atoms with Crippen molar-refractivity contribution in [3.63, 3.8) is 0 Å². The number of hydrogen-bond donors (Lipinski definition) is 2. The van der Waals surface area contributed by atoms with Gasteiger partial charge in [0.2, 0.25) is 0 Å². The molecule has 0 aliphatic carbocycles. The molecule has 1 fully saturated rings. The van der Waals surface area contributed by atoms with E-state index in [1.807, 2.05) is 0 Å². The first-order valence-electron chi connectivity index (χ1n) is 4.94. The van der Waals surface area contributed by atoms with Crippen LogP contribution in [-0.4, -0.2) is 44.7 Å². The third-order valence-electron chi connectivity index (χ3n) is 2.16. The highest BCUT2D eigenvalue weighted by molar-refractivity contribution is 5.82. The molecule has 0 bridgehead atoms. The monoisotopic (exact) mass is 222 g/mol. The standard InChI is InChI=1S/C9H16F2N2O2/c1-9(10,11)8(14)13-5-7-4-12-2-3-15-6-7/h7,12H,2-6H2,1H3,(H,13,14). The molecule has 0 radical (unpaired) electrons. The van der Waals surface area contributed by atoms with Gasteiger partial charge in [-0.1, -0.05) is 0 Å². The minimum absolute atomic E-state index is 0.0544. The largest absolute Gasteiger partial charge is 0.380 e. The minimum atomic E-state index is -3.31. The van der Waals surface area contributed by atoms with Crippen molar-refractivity contribution in [1.29, 1.82) is 0 Å². The predicted octanol–water partition coefficient (Wildman–Crippen LogP) is -0.00620. The second kappa shape index (κ2) is 5.37. The quantitative estimate of drug-likeness (QED) is 0.706. The molecule has 0 aromatic heterocycles. The molecule has 1 atom stereocenters. The van der Waals surface area contributed by atoms with Crippen LogP contribution in [0.1, 0.15) is 6.92 Å². The molecule has 0 spiro atoms. The molecule has 2 N–H and O–H groups in total. The van der Waals surface area contributed by atoms with Crippen molar-refractivity contribution >= 4 is 5.91 Å². The van der Waals surface area contributed by atoms with Crippen LogP contribution in [0.2, 0.25) is 0 Å². The Morgan fingerprint density at radius 3 is 3.07 bits per heavy atom. The van der Waals surface area contributed by atoms with Crippen LogP contribution in [0.15, 0.2) is 0 Å². The zero-order valence-corrected chi connectivity index (χ0v) is 8.69. The van der Waals surface area contributed by atoms with Crippen LogP contribution in [0.4, 0.5) is 8.78 Å². The van der Waals surface area contributed by atoms with Gasteiger partial charge in [0.25, 0.3) is 5.91 Å². The number of nitrogens with one attached hydrogen (secondary N) is 2. The molecule has 0 saturated carbocycles. The van der Waals surface area contributed by atoms with E-state index in [4.69, 9.17) is 4.74 Å². The van der Waals surface area contributed by atoms with Crippen LogP contribution >= 0.6 is 0 Å². The Balaban J connectivity index is 2.26. The molecule has 1 rings (SSSR count). The van der Waals surface area contributed by atoms with Crippen LogP contribution in [0.3, 0.4) is 0 Å². The number of hydrogen-bond acceptors (Lipinski definition) is 3. The summed E-state index contributed by atoms with van der Waals surface area (Å²) in [5, 5.41) is 5.31. The third-order valence-corrected chi connectivity index (χ3v) is 2.16. The summed E-state index contributed by atoms with van der Waals surface area (Å²) in [6.07, 6.45) is 0. The van der Waals surface area contributed by atoms with Gasteiger partial charge >= 0.3 is 5.92 Å². The maximum atomic E-state index is 12.5. The second-order valence-corrected chi connectivity index (χ2v) is 3.74. The normalized spacial score (nSPS) is 23.3. The molecule has 15 heavy (non-hydrogen) atoms. The molecule has 1 saturated heterocycles. The van der Waals surface area contributed by atoms with E-state index in [0.29, 0.717) is 26.7 Å². The number of rotatable bonds is 3. The van der Waals surface area contributed by atoms with E-state index in [1.165, 1.54) is 0 Å². The van der Waals surface area contributed by atoms with Gasteiger partial charge in [0, 0.05) is 32.5 Å². The summed E-state index contributed by atoms with van der Waals surface area (Å²) >= 11 is 0. The van der Waals surface area contributed by atoms with E-state index < -0.39 is 11.8 Å². The van der Waals surface area contributed by atoms with Crippen molar-refractivity contribution in [1.82, 2.24) is 10.6 Å². The average molecular weight is 222 g/mol. The highest BCUT2D eigenvalue weighted by atomic mass is 19.3. The molecule has 0 aromatic carbocycles. The van der Waals surface area contributed by atoms with Gasteiger partial charge in [-0.05, 0) is 0 Å². The van der Waals surface area contributed by atoms with Crippen LogP contribution < -0.4 is 10.6 Å². The van der Waals surface area contributed by atoms with Crippen molar-refractivity contribution in [2.75, 3.05) is 32.8 Å². The number of amides is 1. The molecule has 4 nitrogen and oxygen atoms in total. The molecule has 88 valence electrons. The Morgan fingerprint density at radius 2 is 2.40 bits per heavy atom. The number of ether oxygens (including phenoxy) is 1. The van der Waals surface area contributed by atoms with E-state index in [1.54, 1.807) is 0 Å². The van der Waals surface area contributed by atoms with Gasteiger partial charge in [-0.25, -0.2) is 0 Å². The van der Waals surface area contributed by atoms with Gasteiger partial charge in [-0.3, -0.25) is 4.79 Å². The van der Waals surface area contributed by atoms with Gasteiger partial charge in [0.05, 0.1) is 13.2 Å². The van der Waals surface area contributed by atoms with Gasteiger partial charge in [0.1, 0.15) is 0 Å². The summed E-state index contributed by atoms with van der Waals surface area (Å²) in [4.78, 5) is 10.9. The smallest absolute Gasteiger partial charge is 0.321 e. The minimum Gasteiger partial charge on any atom is -0.380 e. The van der Waals surface area contributed by atoms with Crippen molar-refractivity contribution in [2.45, 2.75) is 12.8 Å². The highest BCUT2D eigenvalue weighted by Crippen LogP contribution is 2.11. The Hall–Kier alpha value is -0.750. The van der Waals surface area contributed by atoms with Gasteiger partial charge < -0.3 is 15.4 Å². The number of alkyl halides is 2. The molecular weight excluding hydrogens is 206 g/mol. The zero-order chi connectivity index (χ0) is 11.3. The zero-order valence-electron chi connectivity index (χ0n) is 8.69. The van der Waals surface area contributed by atoms with Crippen LogP contribution in [0, 0.1) is 5.92 Å². The highest BCUT2D eigenvalue weighted by Gasteiger charge is 2.32. The summed E-state index contributed by atoms with van der Waals surface area (Å²) < 4.78 is 30.2. The first-order chi connectivity index (χ1) is 7.00. The molecule has 1 unspecified atom stereocenters. The molecular formula is C9H16F2N2O2. The van der Waals surface area contributed by atoms with Crippen molar-refractivity contribution in [3.05, 3.63) is 0 Å². The van der Waals surface area contributed by atoms with Crippen molar-refractivity contribution in [3.8, 4) is 0 Å². The lowest BCUT2D eigenvalue weighted by molar-refractivity contribution is -0.143. The van der Waals surface area contributed by atoms with E-state index in [-0.39, 0.29) is 12.5 Å². The number of carbonyl (C=O) groups excluding carboxylic acids is 1. The lowest BCUT2D eigenvalue weighted by Gasteiger charge is -2.16. The lowest BCUT2D eigenvalue weighted by Crippen LogP contribution is -2.42. The summed E-state index contributed by atoms with van der Waals surface area (Å²) in [5.41, 5.74) is 0. The Morgan fingerprint density at radius 1 is 1.67 bits per heavy atom.